The lowest BCUT2D eigenvalue weighted by atomic mass is 9.96. The number of amides is 1. The van der Waals surface area contributed by atoms with Gasteiger partial charge < -0.3 is 10.2 Å². The smallest absolute Gasteiger partial charge is 0.227 e. The Morgan fingerprint density at radius 3 is 2.68 bits per heavy atom. The number of aromatic nitrogens is 1. The van der Waals surface area contributed by atoms with Crippen molar-refractivity contribution in [2.45, 2.75) is 32.4 Å². The summed E-state index contributed by atoms with van der Waals surface area (Å²) in [4.78, 5) is 18.8. The second kappa shape index (κ2) is 5.29. The summed E-state index contributed by atoms with van der Waals surface area (Å²) in [7, 11) is 0. The molecule has 1 saturated heterocycles. The van der Waals surface area contributed by atoms with E-state index >= 15 is 0 Å². The number of nitrogens with zero attached hydrogens (tertiary/aromatic N) is 2. The van der Waals surface area contributed by atoms with Crippen LogP contribution in [0.2, 0.25) is 0 Å². The van der Waals surface area contributed by atoms with Crippen LogP contribution in [0, 0.1) is 11.8 Å². The Morgan fingerprint density at radius 1 is 1.37 bits per heavy atom. The molecule has 2 atom stereocenters. The van der Waals surface area contributed by atoms with Gasteiger partial charge in [0, 0.05) is 31.5 Å². The van der Waals surface area contributed by atoms with Gasteiger partial charge in [-0.1, -0.05) is 6.92 Å². The number of carbonyl (C=O) groups excluding carboxylic acids is 1. The van der Waals surface area contributed by atoms with Gasteiger partial charge in [0.05, 0.1) is 5.92 Å². The summed E-state index contributed by atoms with van der Waals surface area (Å²) in [6, 6.07) is 4.46. The van der Waals surface area contributed by atoms with Crippen LogP contribution < -0.4 is 5.32 Å². The summed E-state index contributed by atoms with van der Waals surface area (Å²) >= 11 is 0. The van der Waals surface area contributed by atoms with E-state index in [0.29, 0.717) is 17.9 Å². The first-order valence-corrected chi connectivity index (χ1v) is 7.16. The van der Waals surface area contributed by atoms with Gasteiger partial charge in [0.1, 0.15) is 0 Å². The lowest BCUT2D eigenvalue weighted by molar-refractivity contribution is -0.137. The fourth-order valence-electron chi connectivity index (χ4n) is 2.81. The maximum atomic E-state index is 12.7. The van der Waals surface area contributed by atoms with Crippen molar-refractivity contribution in [2.24, 2.45) is 11.8 Å². The molecule has 102 valence electrons. The number of carbonyl (C=O) groups is 1. The minimum Gasteiger partial charge on any atom is -0.335 e. The molecule has 0 bridgehead atoms. The predicted molar refractivity (Wildman–Crippen MR) is 73.3 cm³/mol. The fourth-order valence-corrected chi connectivity index (χ4v) is 2.81. The largest absolute Gasteiger partial charge is 0.335 e. The highest BCUT2D eigenvalue weighted by Gasteiger charge is 2.39. The second-order valence-corrected chi connectivity index (χ2v) is 5.79. The monoisotopic (exact) mass is 259 g/mol. The van der Waals surface area contributed by atoms with E-state index in [0.717, 1.165) is 32.5 Å². The number of nitrogens with one attached hydrogen (secondary N) is 1. The molecule has 1 aromatic rings. The number of pyridine rings is 1. The molecule has 1 aromatic heterocycles. The SMILES string of the molecule is CC1CNCC1C(=O)N(Cc1ccncc1)C1CC1. The van der Waals surface area contributed by atoms with E-state index in [1.165, 1.54) is 5.56 Å². The number of rotatable bonds is 4. The third-order valence-electron chi connectivity index (χ3n) is 4.21. The van der Waals surface area contributed by atoms with Crippen LogP contribution in [0.15, 0.2) is 24.5 Å². The van der Waals surface area contributed by atoms with E-state index in [2.05, 4.69) is 22.1 Å². The molecule has 2 unspecified atom stereocenters. The zero-order valence-electron chi connectivity index (χ0n) is 11.4. The lowest BCUT2D eigenvalue weighted by Gasteiger charge is -2.27. The molecular formula is C15H21N3O. The van der Waals surface area contributed by atoms with Gasteiger partial charge in [-0.05, 0) is 43.0 Å². The van der Waals surface area contributed by atoms with Crippen LogP contribution in [-0.2, 0) is 11.3 Å². The van der Waals surface area contributed by atoms with Gasteiger partial charge in [0.2, 0.25) is 5.91 Å². The molecule has 0 radical (unpaired) electrons. The van der Waals surface area contributed by atoms with Gasteiger partial charge in [-0.3, -0.25) is 9.78 Å². The molecule has 0 aromatic carbocycles. The van der Waals surface area contributed by atoms with Crippen molar-refractivity contribution in [1.82, 2.24) is 15.2 Å². The van der Waals surface area contributed by atoms with E-state index < -0.39 is 0 Å². The first kappa shape index (κ1) is 12.6. The number of hydrogen-bond donors (Lipinski definition) is 1. The minimum atomic E-state index is 0.155. The molecule has 4 heteroatoms. The van der Waals surface area contributed by atoms with Gasteiger partial charge >= 0.3 is 0 Å². The second-order valence-electron chi connectivity index (χ2n) is 5.79. The molecule has 1 N–H and O–H groups in total. The third-order valence-corrected chi connectivity index (χ3v) is 4.21. The lowest BCUT2D eigenvalue weighted by Crippen LogP contribution is -2.39. The van der Waals surface area contributed by atoms with E-state index in [1.54, 1.807) is 12.4 Å². The molecule has 2 fully saturated rings. The molecule has 3 rings (SSSR count). The highest BCUT2D eigenvalue weighted by atomic mass is 16.2. The minimum absolute atomic E-state index is 0.155. The Labute approximate surface area is 114 Å². The van der Waals surface area contributed by atoms with Gasteiger partial charge in [-0.15, -0.1) is 0 Å². The van der Waals surface area contributed by atoms with Crippen molar-refractivity contribution >= 4 is 5.91 Å². The van der Waals surface area contributed by atoms with Gasteiger partial charge in [-0.2, -0.15) is 0 Å². The Hall–Kier alpha value is -1.42. The Kier molecular flexibility index (Phi) is 3.51. The molecular weight excluding hydrogens is 238 g/mol. The van der Waals surface area contributed by atoms with Crippen molar-refractivity contribution < 1.29 is 4.79 Å². The van der Waals surface area contributed by atoms with Crippen molar-refractivity contribution in [3.05, 3.63) is 30.1 Å². The summed E-state index contributed by atoms with van der Waals surface area (Å²) in [5, 5.41) is 3.32. The third kappa shape index (κ3) is 2.78. The first-order valence-electron chi connectivity index (χ1n) is 7.16. The summed E-state index contributed by atoms with van der Waals surface area (Å²) in [5.74, 6) is 0.936. The van der Waals surface area contributed by atoms with Crippen LogP contribution >= 0.6 is 0 Å². The highest BCUT2D eigenvalue weighted by molar-refractivity contribution is 5.80. The van der Waals surface area contributed by atoms with Gasteiger partial charge in [0.15, 0.2) is 0 Å². The Bertz CT molecular complexity index is 444. The maximum absolute atomic E-state index is 12.7. The van der Waals surface area contributed by atoms with Crippen LogP contribution in [0.3, 0.4) is 0 Å². The summed E-state index contributed by atoms with van der Waals surface area (Å²) < 4.78 is 0. The molecule has 1 aliphatic heterocycles. The van der Waals surface area contributed by atoms with Crippen molar-refractivity contribution in [2.75, 3.05) is 13.1 Å². The van der Waals surface area contributed by atoms with Crippen LogP contribution in [0.4, 0.5) is 0 Å². The highest BCUT2D eigenvalue weighted by Crippen LogP contribution is 2.31. The molecule has 1 amide bonds. The van der Waals surface area contributed by atoms with E-state index in [9.17, 15) is 4.79 Å². The van der Waals surface area contributed by atoms with Crippen LogP contribution in [0.1, 0.15) is 25.3 Å². The predicted octanol–water partition coefficient (Wildman–Crippen LogP) is 1.43. The zero-order valence-corrected chi connectivity index (χ0v) is 11.4. The standard InChI is InChI=1S/C15H21N3O/c1-11-8-17-9-14(11)15(19)18(13-2-3-13)10-12-4-6-16-7-5-12/h4-7,11,13-14,17H,2-3,8-10H2,1H3. The average Bonchev–Trinajstić information content (AvgIpc) is 3.18. The molecule has 1 saturated carbocycles. The van der Waals surface area contributed by atoms with E-state index in [4.69, 9.17) is 0 Å². The van der Waals surface area contributed by atoms with Crippen LogP contribution in [-0.4, -0.2) is 34.9 Å². The molecule has 19 heavy (non-hydrogen) atoms. The molecule has 0 spiro atoms. The van der Waals surface area contributed by atoms with Crippen molar-refractivity contribution in [1.29, 1.82) is 0 Å². The Balaban J connectivity index is 1.72. The average molecular weight is 259 g/mol. The molecule has 2 heterocycles. The Morgan fingerprint density at radius 2 is 2.11 bits per heavy atom. The van der Waals surface area contributed by atoms with Crippen LogP contribution in [0.5, 0.6) is 0 Å². The summed E-state index contributed by atoms with van der Waals surface area (Å²) in [5.41, 5.74) is 1.17. The summed E-state index contributed by atoms with van der Waals surface area (Å²) in [6.07, 6.45) is 5.91. The summed E-state index contributed by atoms with van der Waals surface area (Å²) in [6.45, 7) is 4.69. The topological polar surface area (TPSA) is 45.2 Å². The normalized spacial score (nSPS) is 26.4. The quantitative estimate of drug-likeness (QED) is 0.889. The fraction of sp³-hybridized carbons (Fsp3) is 0.600. The molecule has 4 nitrogen and oxygen atoms in total. The van der Waals surface area contributed by atoms with E-state index in [-0.39, 0.29) is 5.92 Å². The number of hydrogen-bond acceptors (Lipinski definition) is 3. The molecule has 2 aliphatic rings. The van der Waals surface area contributed by atoms with Gasteiger partial charge in [-0.25, -0.2) is 0 Å². The first-order chi connectivity index (χ1) is 9.25. The maximum Gasteiger partial charge on any atom is 0.227 e. The van der Waals surface area contributed by atoms with Gasteiger partial charge in [0.25, 0.3) is 0 Å². The van der Waals surface area contributed by atoms with Crippen molar-refractivity contribution in [3.8, 4) is 0 Å². The van der Waals surface area contributed by atoms with Crippen molar-refractivity contribution in [3.63, 3.8) is 0 Å². The zero-order chi connectivity index (χ0) is 13.2. The van der Waals surface area contributed by atoms with E-state index in [1.807, 2.05) is 12.1 Å². The van der Waals surface area contributed by atoms with Crippen LogP contribution in [0.25, 0.3) is 0 Å². The molecule has 1 aliphatic carbocycles.